The first-order chi connectivity index (χ1) is 4.27. The average Bonchev–Trinajstić information content (AvgIpc) is 1.60. The lowest BCUT2D eigenvalue weighted by Crippen LogP contribution is -2.39. The molecule has 0 aromatic rings. The zero-order valence-corrected chi connectivity index (χ0v) is 9.83. The Morgan fingerprint density at radius 3 is 1.80 bits per heavy atom. The first kappa shape index (κ1) is 10.4. The fourth-order valence-corrected chi connectivity index (χ4v) is 7.85. The maximum absolute atomic E-state index is 6.04. The van der Waals surface area contributed by atoms with Crippen LogP contribution in [0.1, 0.15) is 0 Å². The van der Waals surface area contributed by atoms with Gasteiger partial charge in [0.1, 0.15) is 0 Å². The zero-order chi connectivity index (χ0) is 8.41. The Kier molecular flexibility index (Phi) is 3.35. The Balaban J connectivity index is 4.01. The Morgan fingerprint density at radius 1 is 1.30 bits per heavy atom. The Hall–Kier alpha value is 0.424. The van der Waals surface area contributed by atoms with Gasteiger partial charge in [-0.05, 0) is 26.2 Å². The summed E-state index contributed by atoms with van der Waals surface area (Å²) in [6.07, 6.45) is 0. The summed E-state index contributed by atoms with van der Waals surface area (Å²) in [5, 5.41) is 0. The van der Waals surface area contributed by atoms with Gasteiger partial charge in [-0.3, -0.25) is 0 Å². The van der Waals surface area contributed by atoms with Gasteiger partial charge in [0.15, 0.2) is 8.32 Å². The van der Waals surface area contributed by atoms with Crippen LogP contribution in [-0.2, 0) is 4.12 Å². The lowest BCUT2D eigenvalue weighted by atomic mass is 11.3. The summed E-state index contributed by atoms with van der Waals surface area (Å²) >= 11 is 6.04. The van der Waals surface area contributed by atoms with E-state index in [9.17, 15) is 0 Å². The first-order valence-electron chi connectivity index (χ1n) is 3.29. The lowest BCUT2D eigenvalue weighted by molar-refractivity contribution is 0.579. The van der Waals surface area contributed by atoms with Crippen molar-refractivity contribution in [2.24, 2.45) is 0 Å². The van der Waals surface area contributed by atoms with Crippen molar-refractivity contribution in [1.82, 2.24) is 0 Å². The molecule has 0 aliphatic rings. The number of hydrogen-bond acceptors (Lipinski definition) is 1. The van der Waals surface area contributed by atoms with Crippen molar-refractivity contribution in [1.29, 1.82) is 0 Å². The van der Waals surface area contributed by atoms with Crippen molar-refractivity contribution in [3.8, 4) is 0 Å². The van der Waals surface area contributed by atoms with Crippen LogP contribution in [0.3, 0.4) is 0 Å². The van der Waals surface area contributed by atoms with Crippen molar-refractivity contribution >= 4 is 27.0 Å². The number of hydrogen-bond donors (Lipinski definition) is 0. The molecule has 0 saturated heterocycles. The Morgan fingerprint density at radius 2 is 1.70 bits per heavy atom. The normalized spacial score (nSPS) is 18.1. The molecule has 0 N–H and O–H groups in total. The molecule has 0 heterocycles. The lowest BCUT2D eigenvalue weighted by Gasteiger charge is -2.26. The summed E-state index contributed by atoms with van der Waals surface area (Å²) < 4.78 is 5.70. The molecule has 0 aromatic heterocycles. The van der Waals surface area contributed by atoms with Gasteiger partial charge in [-0.15, -0.1) is 17.7 Å². The van der Waals surface area contributed by atoms with Gasteiger partial charge in [0.25, 0.3) is 0 Å². The monoisotopic (exact) mass is 194 g/mol. The van der Waals surface area contributed by atoms with E-state index in [4.69, 9.17) is 15.2 Å². The molecule has 0 aromatic carbocycles. The van der Waals surface area contributed by atoms with Gasteiger partial charge in [0.05, 0.1) is 0 Å². The second kappa shape index (κ2) is 3.21. The maximum atomic E-state index is 6.04. The van der Waals surface area contributed by atoms with Gasteiger partial charge >= 0.3 is 7.63 Å². The Labute approximate surface area is 70.0 Å². The van der Waals surface area contributed by atoms with Crippen molar-refractivity contribution in [2.75, 3.05) is 0 Å². The van der Waals surface area contributed by atoms with E-state index in [-0.39, 0.29) is 0 Å². The van der Waals surface area contributed by atoms with Crippen LogP contribution in [0.25, 0.3) is 0 Å². The van der Waals surface area contributed by atoms with Crippen LogP contribution in [0.5, 0.6) is 0 Å². The second-order valence-electron chi connectivity index (χ2n) is 3.40. The third-order valence-corrected chi connectivity index (χ3v) is 6.80. The van der Waals surface area contributed by atoms with Crippen LogP contribution in [0.15, 0.2) is 12.3 Å². The van der Waals surface area contributed by atoms with Gasteiger partial charge in [-0.2, -0.15) is 0 Å². The summed E-state index contributed by atoms with van der Waals surface area (Å²) in [6.45, 7) is 12.0. The minimum atomic E-state index is -2.01. The molecule has 0 spiro atoms. The highest BCUT2D eigenvalue weighted by molar-refractivity contribution is 7.21. The Bertz CT molecular complexity index is 128. The van der Waals surface area contributed by atoms with Crippen LogP contribution in [-0.4, -0.2) is 15.9 Å². The summed E-state index contributed by atoms with van der Waals surface area (Å²) in [5.74, 6) is 0. The molecule has 0 radical (unpaired) electrons. The number of rotatable bonds is 3. The van der Waals surface area contributed by atoms with Crippen molar-refractivity contribution in [2.45, 2.75) is 26.2 Å². The summed E-state index contributed by atoms with van der Waals surface area (Å²) in [6, 6.07) is 0. The van der Waals surface area contributed by atoms with E-state index in [2.05, 4.69) is 26.2 Å². The fourth-order valence-electron chi connectivity index (χ4n) is 0.640. The van der Waals surface area contributed by atoms with Gasteiger partial charge in [-0.25, -0.2) is 0 Å². The summed E-state index contributed by atoms with van der Waals surface area (Å²) in [5.41, 5.74) is 1.76. The molecule has 0 fully saturated rings. The minimum Gasteiger partial charge on any atom is -0.442 e. The van der Waals surface area contributed by atoms with E-state index in [1.165, 1.54) is 0 Å². The highest BCUT2D eigenvalue weighted by Gasteiger charge is 2.29. The SMILES string of the molecule is C=C[Si](C)(Cl)O[Si](C)(C)C. The molecule has 0 bridgehead atoms. The molecule has 0 rings (SSSR count). The van der Waals surface area contributed by atoms with Crippen molar-refractivity contribution in [3.05, 3.63) is 12.3 Å². The summed E-state index contributed by atoms with van der Waals surface area (Å²) in [4.78, 5) is 0. The van der Waals surface area contributed by atoms with Crippen molar-refractivity contribution in [3.63, 3.8) is 0 Å². The van der Waals surface area contributed by atoms with Gasteiger partial charge in [-0.1, -0.05) is 5.70 Å². The molecule has 1 unspecified atom stereocenters. The van der Waals surface area contributed by atoms with Crippen molar-refractivity contribution < 1.29 is 4.12 Å². The largest absolute Gasteiger partial charge is 0.442 e. The van der Waals surface area contributed by atoms with Crippen LogP contribution in [0.2, 0.25) is 26.2 Å². The predicted molar refractivity (Wildman–Crippen MR) is 52.1 cm³/mol. The van der Waals surface area contributed by atoms with E-state index >= 15 is 0 Å². The standard InChI is InChI=1S/C6H15ClOSi2/c1-6-10(5,7)8-9(2,3)4/h6H,1H2,2-5H3. The van der Waals surface area contributed by atoms with Crippen LogP contribution in [0, 0.1) is 0 Å². The molecule has 0 amide bonds. The highest BCUT2D eigenvalue weighted by Crippen LogP contribution is 2.18. The molecule has 0 aliphatic heterocycles. The number of halogens is 1. The van der Waals surface area contributed by atoms with E-state index in [1.54, 1.807) is 5.70 Å². The van der Waals surface area contributed by atoms with E-state index in [0.717, 1.165) is 0 Å². The zero-order valence-electron chi connectivity index (χ0n) is 7.07. The summed E-state index contributed by atoms with van der Waals surface area (Å²) in [7, 11) is -3.47. The topological polar surface area (TPSA) is 9.23 Å². The first-order valence-corrected chi connectivity index (χ1v) is 10.2. The third kappa shape index (κ3) is 5.23. The molecule has 60 valence electrons. The van der Waals surface area contributed by atoms with Gasteiger partial charge in [0, 0.05) is 0 Å². The molecule has 4 heteroatoms. The quantitative estimate of drug-likeness (QED) is 0.496. The van der Waals surface area contributed by atoms with Crippen LogP contribution < -0.4 is 0 Å². The molecule has 0 saturated carbocycles. The van der Waals surface area contributed by atoms with E-state index < -0.39 is 15.9 Å². The molecular weight excluding hydrogens is 180 g/mol. The average molecular weight is 195 g/mol. The van der Waals surface area contributed by atoms with Gasteiger partial charge < -0.3 is 4.12 Å². The fraction of sp³-hybridized carbons (Fsp3) is 0.667. The minimum absolute atomic E-state index is 1.46. The van der Waals surface area contributed by atoms with Gasteiger partial charge in [0.2, 0.25) is 0 Å². The molecule has 10 heavy (non-hydrogen) atoms. The van der Waals surface area contributed by atoms with Crippen LogP contribution in [0.4, 0.5) is 0 Å². The molecule has 1 nitrogen and oxygen atoms in total. The molecule has 1 atom stereocenters. The van der Waals surface area contributed by atoms with Crippen LogP contribution >= 0.6 is 11.1 Å². The maximum Gasteiger partial charge on any atom is 0.301 e. The molecule has 0 aliphatic carbocycles. The van der Waals surface area contributed by atoms with E-state index in [1.807, 2.05) is 6.55 Å². The molecular formula is C6H15ClOSi2. The smallest absolute Gasteiger partial charge is 0.301 e. The highest BCUT2D eigenvalue weighted by atomic mass is 35.6. The third-order valence-electron chi connectivity index (χ3n) is 0.870. The second-order valence-corrected chi connectivity index (χ2v) is 13.1. The predicted octanol–water partition coefficient (Wildman–Crippen LogP) is 2.87. The van der Waals surface area contributed by atoms with E-state index in [0.29, 0.717) is 0 Å².